The second-order valence-corrected chi connectivity index (χ2v) is 5.26. The third-order valence-electron chi connectivity index (χ3n) is 3.15. The summed E-state index contributed by atoms with van der Waals surface area (Å²) < 4.78 is 3.15. The Morgan fingerprint density at radius 2 is 2.00 bits per heavy atom. The van der Waals surface area contributed by atoms with Crippen LogP contribution in [-0.4, -0.2) is 16.1 Å². The summed E-state index contributed by atoms with van der Waals surface area (Å²) in [6.07, 6.45) is 5.57. The Kier molecular flexibility index (Phi) is 3.56. The summed E-state index contributed by atoms with van der Waals surface area (Å²) in [5.41, 5.74) is 1.10. The zero-order chi connectivity index (χ0) is 13.9. The summed E-state index contributed by atoms with van der Waals surface area (Å²) >= 11 is 3.60. The highest BCUT2D eigenvalue weighted by atomic mass is 79.9. The molecule has 0 saturated heterocycles. The molecule has 1 aromatic heterocycles. The van der Waals surface area contributed by atoms with Gasteiger partial charge < -0.3 is 5.32 Å². The molecule has 0 unspecified atom stereocenters. The standard InChI is InChI=1S/C16H14BrN3/c1-2-9-18-16-19-10-11-20(16)15-8-7-14(17)12-5-3-4-6-13(12)15/h2-8,10-11H,1,9H2,(H,18,19). The summed E-state index contributed by atoms with van der Waals surface area (Å²) in [6, 6.07) is 12.5. The lowest BCUT2D eigenvalue weighted by Crippen LogP contribution is -2.06. The second kappa shape index (κ2) is 5.51. The first-order chi connectivity index (χ1) is 9.81. The number of hydrogen-bond donors (Lipinski definition) is 1. The molecule has 0 fully saturated rings. The van der Waals surface area contributed by atoms with Crippen molar-refractivity contribution in [3.05, 3.63) is 65.9 Å². The van der Waals surface area contributed by atoms with Gasteiger partial charge in [0.05, 0.1) is 5.69 Å². The van der Waals surface area contributed by atoms with Gasteiger partial charge >= 0.3 is 0 Å². The monoisotopic (exact) mass is 327 g/mol. The summed E-state index contributed by atoms with van der Waals surface area (Å²) in [6.45, 7) is 4.40. The number of nitrogens with zero attached hydrogens (tertiary/aromatic N) is 2. The highest BCUT2D eigenvalue weighted by Gasteiger charge is 2.09. The van der Waals surface area contributed by atoms with E-state index in [2.05, 4.69) is 61.6 Å². The van der Waals surface area contributed by atoms with Gasteiger partial charge in [-0.1, -0.05) is 46.3 Å². The van der Waals surface area contributed by atoms with E-state index in [4.69, 9.17) is 0 Å². The molecule has 3 nitrogen and oxygen atoms in total. The van der Waals surface area contributed by atoms with Gasteiger partial charge in [-0.25, -0.2) is 4.98 Å². The van der Waals surface area contributed by atoms with E-state index in [0.29, 0.717) is 6.54 Å². The Labute approximate surface area is 126 Å². The van der Waals surface area contributed by atoms with Crippen LogP contribution >= 0.6 is 15.9 Å². The van der Waals surface area contributed by atoms with Crippen LogP contribution < -0.4 is 5.32 Å². The van der Waals surface area contributed by atoms with E-state index >= 15 is 0 Å². The molecule has 1 heterocycles. The van der Waals surface area contributed by atoms with Gasteiger partial charge in [-0.15, -0.1) is 6.58 Å². The van der Waals surface area contributed by atoms with Crippen molar-refractivity contribution in [2.45, 2.75) is 0 Å². The number of aromatic nitrogens is 2. The molecular weight excluding hydrogens is 314 g/mol. The summed E-state index contributed by atoms with van der Waals surface area (Å²) in [5.74, 6) is 0.817. The van der Waals surface area contributed by atoms with Crippen molar-refractivity contribution in [1.82, 2.24) is 9.55 Å². The molecule has 1 N–H and O–H groups in total. The first kappa shape index (κ1) is 12.9. The molecule has 100 valence electrons. The van der Waals surface area contributed by atoms with E-state index in [1.807, 2.05) is 24.4 Å². The van der Waals surface area contributed by atoms with Crippen LogP contribution in [0.1, 0.15) is 0 Å². The van der Waals surface area contributed by atoms with E-state index in [0.717, 1.165) is 16.1 Å². The van der Waals surface area contributed by atoms with Crippen molar-refractivity contribution in [3.8, 4) is 5.69 Å². The molecule has 0 aliphatic heterocycles. The number of halogens is 1. The van der Waals surface area contributed by atoms with Gasteiger partial charge in [0.15, 0.2) is 0 Å². The molecule has 0 amide bonds. The summed E-state index contributed by atoms with van der Waals surface area (Å²) in [4.78, 5) is 4.35. The molecule has 0 saturated carbocycles. The van der Waals surface area contributed by atoms with E-state index < -0.39 is 0 Å². The summed E-state index contributed by atoms with van der Waals surface area (Å²) in [7, 11) is 0. The van der Waals surface area contributed by atoms with E-state index in [1.54, 1.807) is 6.20 Å². The molecule has 0 aliphatic rings. The molecule has 4 heteroatoms. The van der Waals surface area contributed by atoms with Gasteiger partial charge in [0.2, 0.25) is 5.95 Å². The van der Waals surface area contributed by atoms with Crippen molar-refractivity contribution in [2.24, 2.45) is 0 Å². The lowest BCUT2D eigenvalue weighted by molar-refractivity contribution is 1.05. The van der Waals surface area contributed by atoms with Crippen molar-refractivity contribution >= 4 is 32.7 Å². The molecule has 0 aliphatic carbocycles. The number of fused-ring (bicyclic) bond motifs is 1. The van der Waals surface area contributed by atoms with Gasteiger partial charge in [-0.05, 0) is 17.5 Å². The lowest BCUT2D eigenvalue weighted by atomic mass is 10.1. The zero-order valence-electron chi connectivity index (χ0n) is 10.9. The van der Waals surface area contributed by atoms with Crippen LogP contribution in [0.3, 0.4) is 0 Å². The fraction of sp³-hybridized carbons (Fsp3) is 0.0625. The quantitative estimate of drug-likeness (QED) is 0.720. The SMILES string of the molecule is C=CCNc1nccn1-c1ccc(Br)c2ccccc12. The molecule has 3 aromatic rings. The third-order valence-corrected chi connectivity index (χ3v) is 3.84. The Hall–Kier alpha value is -2.07. The molecular formula is C16H14BrN3. The van der Waals surface area contributed by atoms with Gasteiger partial charge in [-0.3, -0.25) is 4.57 Å². The van der Waals surface area contributed by atoms with E-state index in [1.165, 1.54) is 10.8 Å². The minimum atomic E-state index is 0.686. The second-order valence-electron chi connectivity index (χ2n) is 4.40. The largest absolute Gasteiger partial charge is 0.352 e. The number of benzene rings is 2. The molecule has 0 atom stereocenters. The van der Waals surface area contributed by atoms with Crippen molar-refractivity contribution in [1.29, 1.82) is 0 Å². The predicted octanol–water partition coefficient (Wildman–Crippen LogP) is 4.39. The number of imidazole rings is 1. The van der Waals surface area contributed by atoms with Crippen LogP contribution in [-0.2, 0) is 0 Å². The van der Waals surface area contributed by atoms with Crippen molar-refractivity contribution < 1.29 is 0 Å². The first-order valence-corrected chi connectivity index (χ1v) is 7.16. The normalized spacial score (nSPS) is 10.7. The third kappa shape index (κ3) is 2.23. The van der Waals surface area contributed by atoms with Crippen molar-refractivity contribution in [3.63, 3.8) is 0 Å². The molecule has 2 aromatic carbocycles. The number of rotatable bonds is 4. The Balaban J connectivity index is 2.18. The fourth-order valence-corrected chi connectivity index (χ4v) is 2.73. The number of anilines is 1. The molecule has 0 spiro atoms. The molecule has 3 rings (SSSR count). The molecule has 0 radical (unpaired) electrons. The highest BCUT2D eigenvalue weighted by molar-refractivity contribution is 9.10. The summed E-state index contributed by atoms with van der Waals surface area (Å²) in [5, 5.41) is 5.61. The van der Waals surface area contributed by atoms with Gasteiger partial charge in [0.25, 0.3) is 0 Å². The van der Waals surface area contributed by atoms with E-state index in [-0.39, 0.29) is 0 Å². The van der Waals surface area contributed by atoms with Crippen LogP contribution in [0, 0.1) is 0 Å². The van der Waals surface area contributed by atoms with Gasteiger partial charge in [0, 0.05) is 28.8 Å². The minimum Gasteiger partial charge on any atom is -0.352 e. The van der Waals surface area contributed by atoms with Crippen LogP contribution in [0.25, 0.3) is 16.5 Å². The van der Waals surface area contributed by atoms with Crippen LogP contribution in [0.4, 0.5) is 5.95 Å². The average Bonchev–Trinajstić information content (AvgIpc) is 2.94. The number of nitrogens with one attached hydrogen (secondary N) is 1. The maximum absolute atomic E-state index is 4.35. The van der Waals surface area contributed by atoms with Gasteiger partial charge in [-0.2, -0.15) is 0 Å². The fourth-order valence-electron chi connectivity index (χ4n) is 2.25. The number of hydrogen-bond acceptors (Lipinski definition) is 2. The van der Waals surface area contributed by atoms with Crippen molar-refractivity contribution in [2.75, 3.05) is 11.9 Å². The maximum Gasteiger partial charge on any atom is 0.207 e. The first-order valence-electron chi connectivity index (χ1n) is 6.37. The van der Waals surface area contributed by atoms with Crippen LogP contribution in [0.15, 0.2) is 65.9 Å². The molecule has 20 heavy (non-hydrogen) atoms. The Morgan fingerprint density at radius 3 is 2.80 bits per heavy atom. The Morgan fingerprint density at radius 1 is 1.20 bits per heavy atom. The van der Waals surface area contributed by atoms with Gasteiger partial charge in [0.1, 0.15) is 0 Å². The lowest BCUT2D eigenvalue weighted by Gasteiger charge is -2.12. The highest BCUT2D eigenvalue weighted by Crippen LogP contribution is 2.30. The van der Waals surface area contributed by atoms with Crippen LogP contribution in [0.5, 0.6) is 0 Å². The topological polar surface area (TPSA) is 29.9 Å². The molecule has 0 bridgehead atoms. The van der Waals surface area contributed by atoms with E-state index in [9.17, 15) is 0 Å². The Bertz CT molecular complexity index is 761. The maximum atomic E-state index is 4.35. The smallest absolute Gasteiger partial charge is 0.207 e. The van der Waals surface area contributed by atoms with Crippen LogP contribution in [0.2, 0.25) is 0 Å². The minimum absolute atomic E-state index is 0.686. The average molecular weight is 328 g/mol. The predicted molar refractivity (Wildman–Crippen MR) is 87.5 cm³/mol. The zero-order valence-corrected chi connectivity index (χ0v) is 12.5.